The molecule has 0 amide bonds. The number of aliphatic hydroxyl groups is 1. The number of halogens is 1. The minimum absolute atomic E-state index is 0.0239. The number of benzene rings is 1. The topological polar surface area (TPSA) is 113 Å². The molecule has 0 spiro atoms. The number of nitrogens with one attached hydrogen (secondary N) is 1. The molecule has 1 aliphatic rings. The fraction of sp³-hybridized carbons (Fsp3) is 0.462. The van der Waals surface area contributed by atoms with Crippen molar-refractivity contribution in [1.29, 1.82) is 0 Å². The summed E-state index contributed by atoms with van der Waals surface area (Å²) in [6, 6.07) is 1.54. The summed E-state index contributed by atoms with van der Waals surface area (Å²) in [7, 11) is 0. The predicted molar refractivity (Wildman–Crippen MR) is 71.9 cm³/mol. The number of aromatic carboxylic acids is 1. The fourth-order valence-electron chi connectivity index (χ4n) is 2.23. The highest BCUT2D eigenvalue weighted by Crippen LogP contribution is 2.48. The average Bonchev–Trinajstić information content (AvgIpc) is 3.16. The molecule has 1 aliphatic carbocycles. The Kier molecular flexibility index (Phi) is 4.08. The second kappa shape index (κ2) is 5.65. The molecule has 1 saturated carbocycles. The number of nitro groups is 1. The van der Waals surface area contributed by atoms with Crippen LogP contribution in [0.2, 0.25) is 0 Å². The fourth-order valence-corrected chi connectivity index (χ4v) is 2.23. The van der Waals surface area contributed by atoms with Crippen LogP contribution >= 0.6 is 0 Å². The van der Waals surface area contributed by atoms with Gasteiger partial charge in [0, 0.05) is 25.3 Å². The lowest BCUT2D eigenvalue weighted by Crippen LogP contribution is -2.18. The Morgan fingerprint density at radius 2 is 2.14 bits per heavy atom. The molecule has 1 aromatic carbocycles. The molecule has 7 nitrogen and oxygen atoms in total. The molecular formula is C13H15FN2O5. The van der Waals surface area contributed by atoms with E-state index in [1.54, 1.807) is 0 Å². The summed E-state index contributed by atoms with van der Waals surface area (Å²) < 4.78 is 13.6. The van der Waals surface area contributed by atoms with Gasteiger partial charge in [0.2, 0.25) is 0 Å². The van der Waals surface area contributed by atoms with Crippen LogP contribution in [0.5, 0.6) is 0 Å². The van der Waals surface area contributed by atoms with Crippen LogP contribution in [0.4, 0.5) is 15.8 Å². The number of carboxylic acid groups (broad SMARTS) is 1. The first-order valence-corrected chi connectivity index (χ1v) is 6.44. The summed E-state index contributed by atoms with van der Waals surface area (Å²) in [5.41, 5.74) is -1.37. The third-order valence-corrected chi connectivity index (χ3v) is 3.77. The molecule has 0 unspecified atom stereocenters. The lowest BCUT2D eigenvalue weighted by atomic mass is 10.0. The highest BCUT2D eigenvalue weighted by Gasteiger charge is 2.41. The van der Waals surface area contributed by atoms with Crippen molar-refractivity contribution in [3.8, 4) is 0 Å². The van der Waals surface area contributed by atoms with E-state index in [0.29, 0.717) is 19.0 Å². The number of hydrogen-bond acceptors (Lipinski definition) is 5. The molecule has 0 saturated heterocycles. The van der Waals surface area contributed by atoms with Crippen LogP contribution in [-0.4, -0.2) is 34.3 Å². The van der Waals surface area contributed by atoms with E-state index < -0.39 is 28.0 Å². The van der Waals surface area contributed by atoms with Crippen molar-refractivity contribution in [3.05, 3.63) is 33.6 Å². The average molecular weight is 298 g/mol. The van der Waals surface area contributed by atoms with Crippen LogP contribution in [0, 0.1) is 21.3 Å². The lowest BCUT2D eigenvalue weighted by molar-refractivity contribution is -0.384. The normalized spacial score (nSPS) is 15.5. The Hall–Kier alpha value is -2.22. The van der Waals surface area contributed by atoms with Gasteiger partial charge in [-0.3, -0.25) is 10.1 Å². The number of anilines is 1. The Bertz CT molecular complexity index is 586. The molecule has 0 bridgehead atoms. The standard InChI is InChI=1S/C13H15FN2O5/c14-9-6-10(15-7-13(1-2-13)3-4-17)11(16(20)21)5-8(9)12(18)19/h5-6,15,17H,1-4,7H2,(H,18,19). The SMILES string of the molecule is O=C(O)c1cc([N+](=O)[O-])c(NCC2(CCO)CC2)cc1F. The van der Waals surface area contributed by atoms with Gasteiger partial charge < -0.3 is 15.5 Å². The molecule has 1 aromatic rings. The molecule has 0 aliphatic heterocycles. The maximum atomic E-state index is 13.6. The summed E-state index contributed by atoms with van der Waals surface area (Å²) in [5, 5.41) is 31.5. The number of aliphatic hydroxyl groups excluding tert-OH is 1. The number of carboxylic acids is 1. The largest absolute Gasteiger partial charge is 0.478 e. The molecule has 0 heterocycles. The quantitative estimate of drug-likeness (QED) is 0.524. The van der Waals surface area contributed by atoms with Gasteiger partial charge in [0.1, 0.15) is 17.1 Å². The number of hydrogen-bond donors (Lipinski definition) is 3. The first-order chi connectivity index (χ1) is 9.88. The van der Waals surface area contributed by atoms with Crippen LogP contribution in [-0.2, 0) is 0 Å². The van der Waals surface area contributed by atoms with E-state index in [-0.39, 0.29) is 17.7 Å². The minimum atomic E-state index is -1.55. The van der Waals surface area contributed by atoms with Gasteiger partial charge in [-0.1, -0.05) is 0 Å². The summed E-state index contributed by atoms with van der Waals surface area (Å²) in [4.78, 5) is 21.0. The maximum absolute atomic E-state index is 13.6. The Balaban J connectivity index is 2.24. The molecule has 0 atom stereocenters. The van der Waals surface area contributed by atoms with Crippen LogP contribution in [0.3, 0.4) is 0 Å². The number of nitrogens with zero attached hydrogens (tertiary/aromatic N) is 1. The molecule has 1 fully saturated rings. The Morgan fingerprint density at radius 3 is 2.62 bits per heavy atom. The van der Waals surface area contributed by atoms with Crippen LogP contribution in [0.1, 0.15) is 29.6 Å². The van der Waals surface area contributed by atoms with Crippen molar-refractivity contribution in [2.24, 2.45) is 5.41 Å². The third-order valence-electron chi connectivity index (χ3n) is 3.77. The molecule has 3 N–H and O–H groups in total. The third kappa shape index (κ3) is 3.27. The van der Waals surface area contributed by atoms with Gasteiger partial charge in [-0.2, -0.15) is 0 Å². The zero-order valence-electron chi connectivity index (χ0n) is 11.1. The maximum Gasteiger partial charge on any atom is 0.338 e. The summed E-state index contributed by atoms with van der Waals surface area (Å²) in [6.07, 6.45) is 2.36. The number of nitro benzene ring substituents is 1. The van der Waals surface area contributed by atoms with Gasteiger partial charge in [-0.15, -0.1) is 0 Å². The van der Waals surface area contributed by atoms with E-state index in [1.165, 1.54) is 0 Å². The van der Waals surface area contributed by atoms with Crippen molar-refractivity contribution < 1.29 is 24.3 Å². The van der Waals surface area contributed by atoms with Gasteiger partial charge in [0.25, 0.3) is 5.69 Å². The predicted octanol–water partition coefficient (Wildman–Crippen LogP) is 2.01. The minimum Gasteiger partial charge on any atom is -0.478 e. The molecule has 21 heavy (non-hydrogen) atoms. The molecular weight excluding hydrogens is 283 g/mol. The smallest absolute Gasteiger partial charge is 0.338 e. The van der Waals surface area contributed by atoms with E-state index in [9.17, 15) is 19.3 Å². The second-order valence-corrected chi connectivity index (χ2v) is 5.24. The zero-order chi connectivity index (χ0) is 15.6. The zero-order valence-corrected chi connectivity index (χ0v) is 11.1. The van der Waals surface area contributed by atoms with E-state index in [1.807, 2.05) is 0 Å². The first-order valence-electron chi connectivity index (χ1n) is 6.44. The van der Waals surface area contributed by atoms with Gasteiger partial charge in [0.05, 0.1) is 4.92 Å². The van der Waals surface area contributed by atoms with Crippen LogP contribution < -0.4 is 5.32 Å². The van der Waals surface area contributed by atoms with Crippen molar-refractivity contribution in [2.75, 3.05) is 18.5 Å². The van der Waals surface area contributed by atoms with Crippen molar-refractivity contribution >= 4 is 17.3 Å². The monoisotopic (exact) mass is 298 g/mol. The van der Waals surface area contributed by atoms with E-state index >= 15 is 0 Å². The number of carbonyl (C=O) groups is 1. The summed E-state index contributed by atoms with van der Waals surface area (Å²) in [5.74, 6) is -2.58. The van der Waals surface area contributed by atoms with E-state index in [2.05, 4.69) is 5.32 Å². The van der Waals surface area contributed by atoms with Crippen molar-refractivity contribution in [1.82, 2.24) is 0 Å². The van der Waals surface area contributed by atoms with Crippen LogP contribution in [0.15, 0.2) is 12.1 Å². The van der Waals surface area contributed by atoms with Crippen LogP contribution in [0.25, 0.3) is 0 Å². The van der Waals surface area contributed by atoms with Crippen molar-refractivity contribution in [2.45, 2.75) is 19.3 Å². The molecule has 8 heteroatoms. The van der Waals surface area contributed by atoms with E-state index in [4.69, 9.17) is 10.2 Å². The first kappa shape index (κ1) is 15.2. The van der Waals surface area contributed by atoms with E-state index in [0.717, 1.165) is 18.9 Å². The van der Waals surface area contributed by atoms with Gasteiger partial charge in [-0.25, -0.2) is 9.18 Å². The number of rotatable bonds is 7. The molecule has 0 radical (unpaired) electrons. The lowest BCUT2D eigenvalue weighted by Gasteiger charge is -2.15. The van der Waals surface area contributed by atoms with Crippen molar-refractivity contribution in [3.63, 3.8) is 0 Å². The molecule has 0 aromatic heterocycles. The second-order valence-electron chi connectivity index (χ2n) is 5.24. The Labute approximate surface area is 119 Å². The highest BCUT2D eigenvalue weighted by atomic mass is 19.1. The summed E-state index contributed by atoms with van der Waals surface area (Å²) >= 11 is 0. The summed E-state index contributed by atoms with van der Waals surface area (Å²) in [6.45, 7) is 0.399. The molecule has 2 rings (SSSR count). The highest BCUT2D eigenvalue weighted by molar-refractivity contribution is 5.90. The molecule has 114 valence electrons. The van der Waals surface area contributed by atoms with Gasteiger partial charge in [0.15, 0.2) is 0 Å². The van der Waals surface area contributed by atoms with Gasteiger partial charge in [-0.05, 0) is 24.7 Å². The van der Waals surface area contributed by atoms with Gasteiger partial charge >= 0.3 is 5.97 Å². The Morgan fingerprint density at radius 1 is 1.48 bits per heavy atom.